The lowest BCUT2D eigenvalue weighted by Gasteiger charge is -2.38. The number of nitrogen functional groups attached to an aromatic ring is 1. The van der Waals surface area contributed by atoms with Crippen molar-refractivity contribution in [3.63, 3.8) is 0 Å². The Labute approximate surface area is 153 Å². The van der Waals surface area contributed by atoms with Crippen LogP contribution in [0.15, 0.2) is 30.5 Å². The normalized spacial score (nSPS) is 17.2. The Kier molecular flexibility index (Phi) is 6.86. The third kappa shape index (κ3) is 4.60. The molecule has 3 rings (SSSR count). The van der Waals surface area contributed by atoms with Gasteiger partial charge in [0.15, 0.2) is 5.13 Å². The maximum absolute atomic E-state index is 5.70. The summed E-state index contributed by atoms with van der Waals surface area (Å²) in [5.41, 5.74) is 7.02. The summed E-state index contributed by atoms with van der Waals surface area (Å²) in [6, 6.07) is 8.78. The van der Waals surface area contributed by atoms with E-state index < -0.39 is 0 Å². The molecule has 1 atom stereocenters. The van der Waals surface area contributed by atoms with Gasteiger partial charge in [-0.3, -0.25) is 9.80 Å². The van der Waals surface area contributed by atoms with Crippen LogP contribution >= 0.6 is 23.7 Å². The number of ether oxygens (including phenoxy) is 1. The Hall–Kier alpha value is -1.34. The van der Waals surface area contributed by atoms with Gasteiger partial charge in [-0.1, -0.05) is 12.1 Å². The van der Waals surface area contributed by atoms with Crippen molar-refractivity contribution in [2.75, 3.05) is 39.0 Å². The van der Waals surface area contributed by atoms with Gasteiger partial charge >= 0.3 is 0 Å². The van der Waals surface area contributed by atoms with Crippen molar-refractivity contribution in [3.05, 3.63) is 40.9 Å². The first-order valence-corrected chi connectivity index (χ1v) is 8.78. The van der Waals surface area contributed by atoms with Crippen molar-refractivity contribution < 1.29 is 4.74 Å². The van der Waals surface area contributed by atoms with Gasteiger partial charge in [0.05, 0.1) is 7.11 Å². The van der Waals surface area contributed by atoms with Crippen LogP contribution in [0.25, 0.3) is 0 Å². The Morgan fingerprint density at radius 3 is 2.67 bits per heavy atom. The number of methoxy groups -OCH3 is 1. The molecule has 0 spiro atoms. The predicted octanol–water partition coefficient (Wildman–Crippen LogP) is 3.03. The highest BCUT2D eigenvalue weighted by Gasteiger charge is 2.22. The van der Waals surface area contributed by atoms with Crippen LogP contribution in [0.3, 0.4) is 0 Å². The topological polar surface area (TPSA) is 54.6 Å². The minimum atomic E-state index is 0. The van der Waals surface area contributed by atoms with Crippen LogP contribution in [-0.2, 0) is 6.54 Å². The van der Waals surface area contributed by atoms with E-state index in [-0.39, 0.29) is 12.4 Å². The van der Waals surface area contributed by atoms with Crippen LogP contribution in [0.1, 0.15) is 23.4 Å². The van der Waals surface area contributed by atoms with Gasteiger partial charge in [0.25, 0.3) is 0 Å². The first-order chi connectivity index (χ1) is 11.2. The number of nitrogens with two attached hydrogens (primary N) is 1. The summed E-state index contributed by atoms with van der Waals surface area (Å²) in [4.78, 5) is 10.4. The van der Waals surface area contributed by atoms with Crippen LogP contribution in [0.5, 0.6) is 5.75 Å². The van der Waals surface area contributed by atoms with Crippen LogP contribution in [0.2, 0.25) is 0 Å². The van der Waals surface area contributed by atoms with E-state index >= 15 is 0 Å². The van der Waals surface area contributed by atoms with E-state index in [0.29, 0.717) is 11.2 Å². The van der Waals surface area contributed by atoms with E-state index in [1.165, 1.54) is 10.4 Å². The fourth-order valence-corrected chi connectivity index (χ4v) is 3.76. The standard InChI is InChI=1S/C17H24N4OS.ClH/c1-13(14-4-3-5-15(10-14)22-2)21-8-6-20(7-9-21)12-16-11-19-17(18)23-16;/h3-5,10-11,13H,6-9,12H2,1-2H3,(H2,18,19);1H. The van der Waals surface area contributed by atoms with Gasteiger partial charge in [-0.05, 0) is 24.6 Å². The number of nitrogens with zero attached hydrogens (tertiary/aromatic N) is 3. The molecular weight excluding hydrogens is 344 g/mol. The van der Waals surface area contributed by atoms with Gasteiger partial charge < -0.3 is 10.5 Å². The lowest BCUT2D eigenvalue weighted by molar-refractivity contribution is 0.0984. The molecule has 1 aromatic carbocycles. The van der Waals surface area contributed by atoms with Crippen molar-refractivity contribution >= 4 is 28.9 Å². The number of aromatic nitrogens is 1. The Morgan fingerprint density at radius 2 is 2.04 bits per heavy atom. The van der Waals surface area contributed by atoms with Crippen LogP contribution < -0.4 is 10.5 Å². The number of hydrogen-bond acceptors (Lipinski definition) is 6. The SMILES string of the molecule is COc1cccc(C(C)N2CCN(Cc3cnc(N)s3)CC2)c1.Cl. The minimum Gasteiger partial charge on any atom is -0.497 e. The van der Waals surface area contributed by atoms with E-state index in [1.54, 1.807) is 18.4 Å². The maximum atomic E-state index is 5.70. The molecule has 0 radical (unpaired) electrons. The minimum absolute atomic E-state index is 0. The zero-order chi connectivity index (χ0) is 16.2. The second-order valence-electron chi connectivity index (χ2n) is 5.93. The lowest BCUT2D eigenvalue weighted by atomic mass is 10.1. The molecule has 1 unspecified atom stereocenters. The molecule has 2 heterocycles. The van der Waals surface area contributed by atoms with E-state index in [4.69, 9.17) is 10.5 Å². The van der Waals surface area contributed by atoms with Crippen molar-refractivity contribution in [3.8, 4) is 5.75 Å². The summed E-state index contributed by atoms with van der Waals surface area (Å²) in [5.74, 6) is 0.927. The molecule has 24 heavy (non-hydrogen) atoms. The van der Waals surface area contributed by atoms with Crippen LogP contribution in [-0.4, -0.2) is 48.1 Å². The zero-order valence-electron chi connectivity index (χ0n) is 14.1. The number of halogens is 1. The molecule has 2 N–H and O–H groups in total. The van der Waals surface area contributed by atoms with E-state index in [0.717, 1.165) is 38.5 Å². The highest BCUT2D eigenvalue weighted by molar-refractivity contribution is 7.15. The third-order valence-electron chi connectivity index (χ3n) is 4.48. The molecule has 2 aromatic rings. The molecule has 7 heteroatoms. The molecular formula is C17H25ClN4OS. The fraction of sp³-hybridized carbons (Fsp3) is 0.471. The van der Waals surface area contributed by atoms with Crippen molar-refractivity contribution in [1.29, 1.82) is 0 Å². The van der Waals surface area contributed by atoms with E-state index in [2.05, 4.69) is 39.9 Å². The van der Waals surface area contributed by atoms with Crippen molar-refractivity contribution in [1.82, 2.24) is 14.8 Å². The Bertz CT molecular complexity index is 643. The lowest BCUT2D eigenvalue weighted by Crippen LogP contribution is -2.46. The number of anilines is 1. The summed E-state index contributed by atoms with van der Waals surface area (Å²) in [6.07, 6.45) is 1.89. The van der Waals surface area contributed by atoms with Crippen molar-refractivity contribution in [2.24, 2.45) is 0 Å². The second-order valence-corrected chi connectivity index (χ2v) is 7.08. The zero-order valence-corrected chi connectivity index (χ0v) is 15.8. The Morgan fingerprint density at radius 1 is 1.29 bits per heavy atom. The van der Waals surface area contributed by atoms with Gasteiger partial charge in [-0.15, -0.1) is 23.7 Å². The average molecular weight is 369 g/mol. The molecule has 0 amide bonds. The summed E-state index contributed by atoms with van der Waals surface area (Å²) >= 11 is 1.59. The first-order valence-electron chi connectivity index (χ1n) is 7.96. The van der Waals surface area contributed by atoms with Gasteiger partial charge in [0, 0.05) is 49.8 Å². The van der Waals surface area contributed by atoms with E-state index in [1.807, 2.05) is 12.3 Å². The molecule has 1 fully saturated rings. The highest BCUT2D eigenvalue weighted by atomic mass is 35.5. The molecule has 5 nitrogen and oxygen atoms in total. The highest BCUT2D eigenvalue weighted by Crippen LogP contribution is 2.25. The number of hydrogen-bond donors (Lipinski definition) is 1. The fourth-order valence-electron chi connectivity index (χ4n) is 3.04. The summed E-state index contributed by atoms with van der Waals surface area (Å²) < 4.78 is 5.34. The number of rotatable bonds is 5. The maximum Gasteiger partial charge on any atom is 0.180 e. The molecule has 0 saturated carbocycles. The third-order valence-corrected chi connectivity index (χ3v) is 5.29. The van der Waals surface area contributed by atoms with Crippen LogP contribution in [0.4, 0.5) is 5.13 Å². The Balaban J connectivity index is 0.00000208. The molecule has 132 valence electrons. The molecule has 1 aliphatic rings. The molecule has 0 aliphatic carbocycles. The smallest absolute Gasteiger partial charge is 0.180 e. The monoisotopic (exact) mass is 368 g/mol. The molecule has 1 aliphatic heterocycles. The largest absolute Gasteiger partial charge is 0.497 e. The molecule has 0 bridgehead atoms. The van der Waals surface area contributed by atoms with Gasteiger partial charge in [-0.2, -0.15) is 0 Å². The average Bonchev–Trinajstić information content (AvgIpc) is 3.00. The summed E-state index contributed by atoms with van der Waals surface area (Å²) in [5, 5.41) is 0.658. The predicted molar refractivity (Wildman–Crippen MR) is 102 cm³/mol. The van der Waals surface area contributed by atoms with Crippen LogP contribution in [0, 0.1) is 0 Å². The van der Waals surface area contributed by atoms with Gasteiger partial charge in [0.1, 0.15) is 5.75 Å². The van der Waals surface area contributed by atoms with Crippen molar-refractivity contribution in [2.45, 2.75) is 19.5 Å². The molecule has 1 saturated heterocycles. The van der Waals surface area contributed by atoms with E-state index in [9.17, 15) is 0 Å². The second kappa shape index (κ2) is 8.67. The van der Waals surface area contributed by atoms with Gasteiger partial charge in [0.2, 0.25) is 0 Å². The quantitative estimate of drug-likeness (QED) is 0.879. The number of piperazine rings is 1. The number of benzene rings is 1. The molecule has 1 aromatic heterocycles. The first kappa shape index (κ1) is 19.0. The summed E-state index contributed by atoms with van der Waals surface area (Å²) in [7, 11) is 1.72. The number of thiazole rings is 1. The van der Waals surface area contributed by atoms with Gasteiger partial charge in [-0.25, -0.2) is 4.98 Å². The summed E-state index contributed by atoms with van der Waals surface area (Å²) in [6.45, 7) is 7.53.